The van der Waals surface area contributed by atoms with Gasteiger partial charge in [-0.1, -0.05) is 35.4 Å². The molecule has 196 valence electrons. The molecule has 0 saturated carbocycles. The number of carbonyl (C=O) groups is 1. The maximum atomic E-state index is 12.8. The Morgan fingerprint density at radius 3 is 1.66 bits per heavy atom. The van der Waals surface area contributed by atoms with E-state index in [9.17, 15) is 21.6 Å². The van der Waals surface area contributed by atoms with E-state index in [0.29, 0.717) is 22.6 Å². The normalized spacial score (nSPS) is 11.6. The number of carbonyl (C=O) groups excluding carboxylic acids is 1. The van der Waals surface area contributed by atoms with Crippen LogP contribution in [0, 0.1) is 20.8 Å². The topological polar surface area (TPSA) is 121 Å². The number of benzene rings is 4. The van der Waals surface area contributed by atoms with Crippen LogP contribution in [0.15, 0.2) is 101 Å². The van der Waals surface area contributed by atoms with Crippen molar-refractivity contribution >= 4 is 43.0 Å². The van der Waals surface area contributed by atoms with Gasteiger partial charge in [-0.25, -0.2) is 16.8 Å². The van der Waals surface area contributed by atoms with Gasteiger partial charge in [-0.05, 0) is 93.1 Å². The average Bonchev–Trinajstić information content (AvgIpc) is 2.86. The maximum absolute atomic E-state index is 12.8. The number of sulfonamides is 2. The lowest BCUT2D eigenvalue weighted by molar-refractivity contribution is 0.102. The van der Waals surface area contributed by atoms with Crippen molar-refractivity contribution in [3.05, 3.63) is 113 Å². The number of hydrogen-bond acceptors (Lipinski definition) is 5. The van der Waals surface area contributed by atoms with Crippen molar-refractivity contribution in [3.8, 4) is 0 Å². The molecule has 1 amide bonds. The first kappa shape index (κ1) is 26.9. The smallest absolute Gasteiger partial charge is 0.261 e. The minimum Gasteiger partial charge on any atom is -0.322 e. The van der Waals surface area contributed by atoms with E-state index in [2.05, 4.69) is 14.8 Å². The molecule has 0 heterocycles. The second kappa shape index (κ2) is 10.7. The minimum atomic E-state index is -3.81. The van der Waals surface area contributed by atoms with Crippen LogP contribution in [0.4, 0.5) is 17.1 Å². The molecule has 38 heavy (non-hydrogen) atoms. The maximum Gasteiger partial charge on any atom is 0.261 e. The van der Waals surface area contributed by atoms with E-state index in [-0.39, 0.29) is 9.79 Å². The number of nitrogens with one attached hydrogen (secondary N) is 3. The molecule has 4 aromatic rings. The summed E-state index contributed by atoms with van der Waals surface area (Å²) in [6.45, 7) is 5.63. The van der Waals surface area contributed by atoms with Gasteiger partial charge in [-0.3, -0.25) is 14.2 Å². The molecule has 0 unspecified atom stereocenters. The Morgan fingerprint density at radius 2 is 1.08 bits per heavy atom. The van der Waals surface area contributed by atoms with Gasteiger partial charge in [-0.2, -0.15) is 0 Å². The third kappa shape index (κ3) is 6.39. The number of anilines is 3. The van der Waals surface area contributed by atoms with Crippen LogP contribution in [0.1, 0.15) is 27.0 Å². The fourth-order valence-electron chi connectivity index (χ4n) is 3.67. The molecule has 4 rings (SSSR count). The van der Waals surface area contributed by atoms with Gasteiger partial charge in [0.05, 0.1) is 15.5 Å². The standard InChI is InChI=1S/C28H27N3O5S2/c1-19-4-13-25(14-5-19)37(33,34)30-24-9-7-22(8-10-24)28(32)29-23-11-15-26(16-12-23)38(35,36)31-27-17-6-20(2)18-21(27)3/h4-18,30-31H,1-3H3,(H,29,32). The van der Waals surface area contributed by atoms with Gasteiger partial charge in [-0.15, -0.1) is 0 Å². The van der Waals surface area contributed by atoms with Crippen LogP contribution in [-0.4, -0.2) is 22.7 Å². The first-order valence-electron chi connectivity index (χ1n) is 11.6. The van der Waals surface area contributed by atoms with Crippen molar-refractivity contribution in [3.63, 3.8) is 0 Å². The summed E-state index contributed by atoms with van der Waals surface area (Å²) in [6.07, 6.45) is 0. The number of hydrogen-bond donors (Lipinski definition) is 3. The van der Waals surface area contributed by atoms with E-state index < -0.39 is 26.0 Å². The number of amides is 1. The van der Waals surface area contributed by atoms with Crippen molar-refractivity contribution in [1.82, 2.24) is 0 Å². The van der Waals surface area contributed by atoms with Gasteiger partial charge < -0.3 is 5.32 Å². The van der Waals surface area contributed by atoms with Gasteiger partial charge in [0, 0.05) is 16.9 Å². The van der Waals surface area contributed by atoms with E-state index in [1.54, 1.807) is 18.2 Å². The van der Waals surface area contributed by atoms with Crippen LogP contribution in [0.25, 0.3) is 0 Å². The Labute approximate surface area is 222 Å². The zero-order valence-electron chi connectivity index (χ0n) is 21.0. The van der Waals surface area contributed by atoms with Crippen molar-refractivity contribution in [2.45, 2.75) is 30.6 Å². The molecule has 0 bridgehead atoms. The SMILES string of the molecule is Cc1ccc(S(=O)(=O)Nc2ccc(C(=O)Nc3ccc(S(=O)(=O)Nc4ccc(C)cc4C)cc3)cc2)cc1. The van der Waals surface area contributed by atoms with E-state index in [1.165, 1.54) is 60.7 Å². The number of aryl methyl sites for hydroxylation is 3. The summed E-state index contributed by atoms with van der Waals surface area (Å²) in [4.78, 5) is 12.9. The molecule has 0 spiro atoms. The Kier molecular flexibility index (Phi) is 7.56. The van der Waals surface area contributed by atoms with Crippen molar-refractivity contribution in [1.29, 1.82) is 0 Å². The highest BCUT2D eigenvalue weighted by atomic mass is 32.2. The summed E-state index contributed by atoms with van der Waals surface area (Å²) >= 11 is 0. The quantitative estimate of drug-likeness (QED) is 0.269. The van der Waals surface area contributed by atoms with E-state index in [1.807, 2.05) is 32.9 Å². The predicted molar refractivity (Wildman–Crippen MR) is 150 cm³/mol. The van der Waals surface area contributed by atoms with Gasteiger partial charge in [0.2, 0.25) is 0 Å². The third-order valence-electron chi connectivity index (χ3n) is 5.78. The molecule has 8 nitrogen and oxygen atoms in total. The first-order valence-corrected chi connectivity index (χ1v) is 14.6. The first-order chi connectivity index (χ1) is 17.9. The molecule has 0 radical (unpaired) electrons. The molecular weight excluding hydrogens is 522 g/mol. The summed E-state index contributed by atoms with van der Waals surface area (Å²) in [6, 6.07) is 23.7. The van der Waals surface area contributed by atoms with Crippen LogP contribution < -0.4 is 14.8 Å². The number of rotatable bonds is 8. The van der Waals surface area contributed by atoms with Crippen LogP contribution in [0.3, 0.4) is 0 Å². The molecule has 0 atom stereocenters. The predicted octanol–water partition coefficient (Wildman–Crippen LogP) is 5.47. The van der Waals surface area contributed by atoms with Crippen LogP contribution in [-0.2, 0) is 20.0 Å². The molecule has 0 fully saturated rings. The molecule has 0 aliphatic carbocycles. The van der Waals surface area contributed by atoms with Gasteiger partial charge in [0.25, 0.3) is 26.0 Å². The second-order valence-corrected chi connectivity index (χ2v) is 12.3. The fourth-order valence-corrected chi connectivity index (χ4v) is 5.86. The summed E-state index contributed by atoms with van der Waals surface area (Å²) in [7, 11) is -7.56. The average molecular weight is 550 g/mol. The molecule has 0 saturated heterocycles. The Morgan fingerprint density at radius 1 is 0.579 bits per heavy atom. The van der Waals surface area contributed by atoms with Gasteiger partial charge >= 0.3 is 0 Å². The van der Waals surface area contributed by atoms with Crippen LogP contribution >= 0.6 is 0 Å². The molecule has 3 N–H and O–H groups in total. The Hall–Kier alpha value is -4.15. The van der Waals surface area contributed by atoms with E-state index >= 15 is 0 Å². The summed E-state index contributed by atoms with van der Waals surface area (Å²) in [5.74, 6) is -0.429. The van der Waals surface area contributed by atoms with Crippen molar-refractivity contribution in [2.24, 2.45) is 0 Å². The highest BCUT2D eigenvalue weighted by Crippen LogP contribution is 2.23. The summed E-state index contributed by atoms with van der Waals surface area (Å²) in [5, 5.41) is 2.71. The zero-order chi connectivity index (χ0) is 27.5. The fraction of sp³-hybridized carbons (Fsp3) is 0.107. The molecular formula is C28H27N3O5S2. The van der Waals surface area contributed by atoms with Gasteiger partial charge in [0.15, 0.2) is 0 Å². The lowest BCUT2D eigenvalue weighted by Gasteiger charge is -2.12. The Bertz CT molecular complexity index is 1680. The highest BCUT2D eigenvalue weighted by Gasteiger charge is 2.17. The summed E-state index contributed by atoms with van der Waals surface area (Å²) < 4.78 is 55.8. The molecule has 0 aliphatic rings. The molecule has 0 aromatic heterocycles. The molecule has 0 aliphatic heterocycles. The molecule has 4 aromatic carbocycles. The van der Waals surface area contributed by atoms with Crippen LogP contribution in [0.2, 0.25) is 0 Å². The zero-order valence-corrected chi connectivity index (χ0v) is 22.7. The lowest BCUT2D eigenvalue weighted by atomic mass is 10.1. The van der Waals surface area contributed by atoms with Gasteiger partial charge in [0.1, 0.15) is 0 Å². The third-order valence-corrected chi connectivity index (χ3v) is 8.56. The monoisotopic (exact) mass is 549 g/mol. The largest absolute Gasteiger partial charge is 0.322 e. The van der Waals surface area contributed by atoms with Crippen LogP contribution in [0.5, 0.6) is 0 Å². The van der Waals surface area contributed by atoms with Crippen molar-refractivity contribution < 1.29 is 21.6 Å². The van der Waals surface area contributed by atoms with Crippen molar-refractivity contribution in [2.75, 3.05) is 14.8 Å². The Balaban J connectivity index is 1.40. The van der Waals surface area contributed by atoms with E-state index in [0.717, 1.165) is 16.7 Å². The summed E-state index contributed by atoms with van der Waals surface area (Å²) in [5.41, 5.74) is 4.31. The highest BCUT2D eigenvalue weighted by molar-refractivity contribution is 7.93. The van der Waals surface area contributed by atoms with E-state index in [4.69, 9.17) is 0 Å². The lowest BCUT2D eigenvalue weighted by Crippen LogP contribution is -2.15. The second-order valence-electron chi connectivity index (χ2n) is 8.90. The molecule has 10 heteroatoms. The minimum absolute atomic E-state index is 0.0562.